The number of aliphatic hydroxyl groups excluding tert-OH is 1. The van der Waals surface area contributed by atoms with Gasteiger partial charge in [-0.25, -0.2) is 0 Å². The molecular weight excluding hydrogens is 290 g/mol. The van der Waals surface area contributed by atoms with Crippen LogP contribution >= 0.6 is 0 Å². The molecule has 2 aliphatic rings. The Labute approximate surface area is 138 Å². The first-order valence-electron chi connectivity index (χ1n) is 9.15. The highest BCUT2D eigenvalue weighted by Gasteiger charge is 2.33. The molecule has 5 heteroatoms. The molecule has 23 heavy (non-hydrogen) atoms. The largest absolute Gasteiger partial charge is 0.391 e. The highest BCUT2D eigenvalue weighted by atomic mass is 16.3. The average Bonchev–Trinajstić information content (AvgIpc) is 3.08. The number of aliphatic hydroxyl groups is 1. The zero-order chi connectivity index (χ0) is 16.4. The van der Waals surface area contributed by atoms with Gasteiger partial charge >= 0.3 is 0 Å². The summed E-state index contributed by atoms with van der Waals surface area (Å²) in [5.74, 6) is 0.742. The van der Waals surface area contributed by atoms with E-state index in [4.69, 9.17) is 0 Å². The fourth-order valence-corrected chi connectivity index (χ4v) is 3.64. The molecule has 2 unspecified atom stereocenters. The average molecular weight is 319 g/mol. The topological polar surface area (TPSA) is 67.2 Å². The van der Waals surface area contributed by atoms with E-state index < -0.39 is 6.10 Å². The maximum Gasteiger partial charge on any atom is 0.254 e. The smallest absolute Gasteiger partial charge is 0.254 e. The highest BCUT2D eigenvalue weighted by molar-refractivity contribution is 5.95. The van der Waals surface area contributed by atoms with Crippen molar-refractivity contribution in [3.05, 3.63) is 17.5 Å². The summed E-state index contributed by atoms with van der Waals surface area (Å²) in [6.45, 7) is 4.63. The molecule has 1 aromatic rings. The lowest BCUT2D eigenvalue weighted by Gasteiger charge is -2.18. The molecule has 3 rings (SSSR count). The van der Waals surface area contributed by atoms with Gasteiger partial charge in [-0.15, -0.1) is 0 Å². The third-order valence-corrected chi connectivity index (χ3v) is 5.47. The monoisotopic (exact) mass is 319 g/mol. The molecule has 0 saturated heterocycles. The lowest BCUT2D eigenvalue weighted by Crippen LogP contribution is -2.35. The van der Waals surface area contributed by atoms with Gasteiger partial charge in [0.2, 0.25) is 0 Å². The van der Waals surface area contributed by atoms with E-state index in [1.807, 2.05) is 4.68 Å². The van der Waals surface area contributed by atoms with Gasteiger partial charge in [-0.2, -0.15) is 5.10 Å². The number of carbonyl (C=O) groups excluding carboxylic acids is 1. The van der Waals surface area contributed by atoms with Crippen molar-refractivity contribution in [3.63, 3.8) is 0 Å². The molecule has 5 nitrogen and oxygen atoms in total. The van der Waals surface area contributed by atoms with Crippen molar-refractivity contribution in [2.45, 2.75) is 76.9 Å². The molecule has 1 heterocycles. The molecule has 1 amide bonds. The first-order valence-corrected chi connectivity index (χ1v) is 9.15. The molecule has 2 N–H and O–H groups in total. The van der Waals surface area contributed by atoms with Crippen LogP contribution in [0.2, 0.25) is 0 Å². The highest BCUT2D eigenvalue weighted by Crippen LogP contribution is 2.42. The van der Waals surface area contributed by atoms with Crippen LogP contribution < -0.4 is 5.32 Å². The molecule has 2 aliphatic carbocycles. The Morgan fingerprint density at radius 1 is 1.39 bits per heavy atom. The first-order chi connectivity index (χ1) is 11.1. The minimum Gasteiger partial charge on any atom is -0.391 e. The summed E-state index contributed by atoms with van der Waals surface area (Å²) in [5.41, 5.74) is 1.79. The van der Waals surface area contributed by atoms with Crippen molar-refractivity contribution in [2.75, 3.05) is 6.54 Å². The Balaban J connectivity index is 1.66. The molecule has 0 aliphatic heterocycles. The van der Waals surface area contributed by atoms with E-state index in [1.165, 1.54) is 12.8 Å². The van der Waals surface area contributed by atoms with Crippen molar-refractivity contribution < 1.29 is 9.90 Å². The van der Waals surface area contributed by atoms with Gasteiger partial charge in [-0.1, -0.05) is 19.8 Å². The standard InChI is InChI=1S/C18H29N3O2/c1-3-12(2)21-17(14-8-9-14)15(10-20-21)18(23)19-11-16(22)13-6-4-5-7-13/h10,12-14,16,22H,3-9,11H2,1-2H3,(H,19,23). The van der Waals surface area contributed by atoms with Crippen LogP contribution in [-0.4, -0.2) is 33.4 Å². The lowest BCUT2D eigenvalue weighted by molar-refractivity contribution is 0.0839. The van der Waals surface area contributed by atoms with Crippen LogP contribution in [0.5, 0.6) is 0 Å². The summed E-state index contributed by atoms with van der Waals surface area (Å²) in [6, 6.07) is 0.316. The molecule has 1 aromatic heterocycles. The zero-order valence-corrected chi connectivity index (χ0v) is 14.3. The summed E-state index contributed by atoms with van der Waals surface area (Å²) < 4.78 is 2.03. The summed E-state index contributed by atoms with van der Waals surface area (Å²) >= 11 is 0. The van der Waals surface area contributed by atoms with E-state index >= 15 is 0 Å². The molecule has 0 spiro atoms. The van der Waals surface area contributed by atoms with Crippen LogP contribution in [0.4, 0.5) is 0 Å². The fraction of sp³-hybridized carbons (Fsp3) is 0.778. The fourth-order valence-electron chi connectivity index (χ4n) is 3.64. The number of aromatic nitrogens is 2. The van der Waals surface area contributed by atoms with Gasteiger partial charge in [0.05, 0.1) is 23.6 Å². The number of nitrogens with one attached hydrogen (secondary N) is 1. The molecule has 0 radical (unpaired) electrons. The number of nitrogens with zero attached hydrogens (tertiary/aromatic N) is 2. The number of carbonyl (C=O) groups is 1. The summed E-state index contributed by atoms with van der Waals surface area (Å²) in [7, 11) is 0. The van der Waals surface area contributed by atoms with Gasteiger partial charge in [0.1, 0.15) is 0 Å². The van der Waals surface area contributed by atoms with Crippen molar-refractivity contribution >= 4 is 5.91 Å². The molecule has 2 fully saturated rings. The van der Waals surface area contributed by atoms with E-state index in [1.54, 1.807) is 6.20 Å². The predicted octanol–water partition coefficient (Wildman–Crippen LogP) is 3.01. The van der Waals surface area contributed by atoms with E-state index in [-0.39, 0.29) is 5.91 Å². The summed E-state index contributed by atoms with van der Waals surface area (Å²) in [5, 5.41) is 17.6. The van der Waals surface area contributed by atoms with Gasteiger partial charge in [-0.05, 0) is 44.9 Å². The van der Waals surface area contributed by atoms with Crippen LogP contribution in [0.15, 0.2) is 6.20 Å². The summed E-state index contributed by atoms with van der Waals surface area (Å²) in [6.07, 6.45) is 9.13. The Bertz CT molecular complexity index is 544. The molecule has 0 aromatic carbocycles. The van der Waals surface area contributed by atoms with E-state index in [9.17, 15) is 9.90 Å². The Kier molecular flexibility index (Phi) is 5.05. The minimum absolute atomic E-state index is 0.0847. The SMILES string of the molecule is CCC(C)n1ncc(C(=O)NCC(O)C2CCCC2)c1C1CC1. The van der Waals surface area contributed by atoms with Crippen LogP contribution in [0, 0.1) is 5.92 Å². The maximum atomic E-state index is 12.6. The Morgan fingerprint density at radius 2 is 2.09 bits per heavy atom. The van der Waals surface area contributed by atoms with Crippen molar-refractivity contribution in [3.8, 4) is 0 Å². The van der Waals surface area contributed by atoms with E-state index in [0.717, 1.165) is 37.8 Å². The van der Waals surface area contributed by atoms with Gasteiger partial charge in [0.25, 0.3) is 5.91 Å². The van der Waals surface area contributed by atoms with Gasteiger partial charge < -0.3 is 10.4 Å². The van der Waals surface area contributed by atoms with Crippen LogP contribution in [0.25, 0.3) is 0 Å². The number of hydrogen-bond acceptors (Lipinski definition) is 3. The molecule has 2 saturated carbocycles. The zero-order valence-electron chi connectivity index (χ0n) is 14.3. The molecule has 0 bridgehead atoms. The van der Waals surface area contributed by atoms with Gasteiger partial charge in [-0.3, -0.25) is 9.48 Å². The molecule has 128 valence electrons. The number of hydrogen-bond donors (Lipinski definition) is 2. The second-order valence-electron chi connectivity index (χ2n) is 7.24. The van der Waals surface area contributed by atoms with Crippen molar-refractivity contribution in [2.24, 2.45) is 5.92 Å². The van der Waals surface area contributed by atoms with E-state index in [0.29, 0.717) is 30.0 Å². The van der Waals surface area contributed by atoms with Gasteiger partial charge in [0, 0.05) is 18.5 Å². The third kappa shape index (κ3) is 3.60. The third-order valence-electron chi connectivity index (χ3n) is 5.47. The number of amides is 1. The molecular formula is C18H29N3O2. The Hall–Kier alpha value is -1.36. The second-order valence-corrected chi connectivity index (χ2v) is 7.24. The van der Waals surface area contributed by atoms with Crippen LogP contribution in [-0.2, 0) is 0 Å². The first kappa shape index (κ1) is 16.5. The van der Waals surface area contributed by atoms with E-state index in [2.05, 4.69) is 24.3 Å². The predicted molar refractivity (Wildman–Crippen MR) is 89.5 cm³/mol. The number of rotatable bonds is 7. The van der Waals surface area contributed by atoms with Gasteiger partial charge in [0.15, 0.2) is 0 Å². The lowest BCUT2D eigenvalue weighted by atomic mass is 10.0. The van der Waals surface area contributed by atoms with Crippen LogP contribution in [0.1, 0.15) is 86.8 Å². The molecule has 2 atom stereocenters. The quantitative estimate of drug-likeness (QED) is 0.812. The minimum atomic E-state index is -0.421. The maximum absolute atomic E-state index is 12.6. The summed E-state index contributed by atoms with van der Waals surface area (Å²) in [4.78, 5) is 12.6. The van der Waals surface area contributed by atoms with Crippen molar-refractivity contribution in [1.29, 1.82) is 0 Å². The normalized spacial score (nSPS) is 21.3. The van der Waals surface area contributed by atoms with Crippen LogP contribution in [0.3, 0.4) is 0 Å². The second kappa shape index (κ2) is 7.04. The van der Waals surface area contributed by atoms with Crippen molar-refractivity contribution in [1.82, 2.24) is 15.1 Å². The Morgan fingerprint density at radius 3 is 2.70 bits per heavy atom.